The van der Waals surface area contributed by atoms with Gasteiger partial charge in [-0.1, -0.05) is 23.7 Å². The second-order valence-electron chi connectivity index (χ2n) is 8.75. The third-order valence-corrected chi connectivity index (χ3v) is 6.86. The van der Waals surface area contributed by atoms with Crippen LogP contribution < -0.4 is 5.56 Å². The highest BCUT2D eigenvalue weighted by atomic mass is 35.5. The number of carboxylic acids is 1. The number of pyridine rings is 1. The quantitative estimate of drug-likeness (QED) is 0.440. The van der Waals surface area contributed by atoms with Crippen LogP contribution >= 0.6 is 11.6 Å². The molecule has 2 aromatic heterocycles. The number of hydrogen-bond donors (Lipinski definition) is 1. The summed E-state index contributed by atoms with van der Waals surface area (Å²) in [5.74, 6) is -0.966. The molecule has 0 radical (unpaired) electrons. The highest BCUT2D eigenvalue weighted by molar-refractivity contribution is 6.31. The molecule has 2 aromatic carbocycles. The number of aromatic nitrogens is 5. The molecule has 9 nitrogen and oxygen atoms in total. The lowest BCUT2D eigenvalue weighted by molar-refractivity contribution is 0.0697. The molecule has 4 aromatic rings. The van der Waals surface area contributed by atoms with Gasteiger partial charge < -0.3 is 9.67 Å². The number of aliphatic imine (C=N–C) groups is 1. The van der Waals surface area contributed by atoms with Crippen molar-refractivity contribution in [1.82, 2.24) is 24.8 Å². The molecule has 2 aliphatic heterocycles. The van der Waals surface area contributed by atoms with Crippen LogP contribution in [0.4, 0.5) is 0 Å². The van der Waals surface area contributed by atoms with E-state index in [0.29, 0.717) is 11.4 Å². The van der Waals surface area contributed by atoms with E-state index in [2.05, 4.69) is 20.5 Å². The molecule has 0 spiro atoms. The number of halogens is 1. The largest absolute Gasteiger partial charge is 0.478 e. The van der Waals surface area contributed by atoms with E-state index in [4.69, 9.17) is 11.6 Å². The van der Waals surface area contributed by atoms with E-state index < -0.39 is 5.97 Å². The van der Waals surface area contributed by atoms with Crippen molar-refractivity contribution in [2.45, 2.75) is 25.3 Å². The second kappa shape index (κ2) is 8.69. The zero-order chi connectivity index (χ0) is 24.8. The predicted molar refractivity (Wildman–Crippen MR) is 135 cm³/mol. The van der Waals surface area contributed by atoms with Crippen LogP contribution in [-0.2, 0) is 6.42 Å². The third-order valence-electron chi connectivity index (χ3n) is 6.62. The topological polar surface area (TPSA) is 115 Å². The first-order valence-electron chi connectivity index (χ1n) is 11.4. The van der Waals surface area contributed by atoms with Gasteiger partial charge in [0, 0.05) is 40.7 Å². The zero-order valence-corrected chi connectivity index (χ0v) is 19.6. The summed E-state index contributed by atoms with van der Waals surface area (Å²) in [6, 6.07) is 15.7. The van der Waals surface area contributed by atoms with Gasteiger partial charge in [0.2, 0.25) is 0 Å². The Balaban J connectivity index is 1.31. The molecule has 0 saturated carbocycles. The highest BCUT2D eigenvalue weighted by Gasteiger charge is 2.30. The number of hydrogen-bond acceptors (Lipinski definition) is 6. The van der Waals surface area contributed by atoms with Gasteiger partial charge in [0.05, 0.1) is 17.3 Å². The van der Waals surface area contributed by atoms with Crippen molar-refractivity contribution in [1.29, 1.82) is 0 Å². The van der Waals surface area contributed by atoms with Crippen molar-refractivity contribution in [3.8, 4) is 16.8 Å². The molecule has 0 bridgehead atoms. The van der Waals surface area contributed by atoms with Crippen LogP contribution in [0.1, 0.15) is 40.5 Å². The predicted octanol–water partition coefficient (Wildman–Crippen LogP) is 4.22. The summed E-state index contributed by atoms with van der Waals surface area (Å²) in [5.41, 5.74) is 5.95. The van der Waals surface area contributed by atoms with Crippen molar-refractivity contribution in [3.63, 3.8) is 0 Å². The molecule has 0 amide bonds. The molecule has 0 aliphatic carbocycles. The van der Waals surface area contributed by atoms with E-state index >= 15 is 0 Å². The van der Waals surface area contributed by atoms with Gasteiger partial charge in [-0.15, -0.1) is 5.10 Å². The molecule has 36 heavy (non-hydrogen) atoms. The number of tetrazole rings is 1. The van der Waals surface area contributed by atoms with Crippen molar-refractivity contribution in [2.75, 3.05) is 0 Å². The molecular formula is C26H19ClN6O3. The van der Waals surface area contributed by atoms with Crippen LogP contribution in [0.5, 0.6) is 0 Å². The number of benzene rings is 2. The first-order valence-corrected chi connectivity index (χ1v) is 11.7. The number of carbonyl (C=O) groups is 1. The lowest BCUT2D eigenvalue weighted by Crippen LogP contribution is -2.27. The summed E-state index contributed by atoms with van der Waals surface area (Å²) >= 11 is 6.29. The molecule has 6 rings (SSSR count). The minimum absolute atomic E-state index is 0.114. The summed E-state index contributed by atoms with van der Waals surface area (Å²) in [6.45, 7) is 0. The van der Waals surface area contributed by atoms with Crippen LogP contribution in [-0.4, -0.2) is 41.6 Å². The molecule has 0 saturated heterocycles. The lowest BCUT2D eigenvalue weighted by atomic mass is 9.97. The Morgan fingerprint density at radius 3 is 2.78 bits per heavy atom. The van der Waals surface area contributed by atoms with Gasteiger partial charge in [-0.2, -0.15) is 4.68 Å². The van der Waals surface area contributed by atoms with Gasteiger partial charge in [-0.05, 0) is 76.4 Å². The fourth-order valence-corrected chi connectivity index (χ4v) is 5.13. The molecule has 4 heterocycles. The summed E-state index contributed by atoms with van der Waals surface area (Å²) in [4.78, 5) is 29.4. The Morgan fingerprint density at radius 1 is 1.08 bits per heavy atom. The lowest BCUT2D eigenvalue weighted by Gasteiger charge is -2.17. The van der Waals surface area contributed by atoms with E-state index in [0.717, 1.165) is 52.2 Å². The Morgan fingerprint density at radius 2 is 1.97 bits per heavy atom. The molecule has 178 valence electrons. The second-order valence-corrected chi connectivity index (χ2v) is 9.19. The Hall–Kier alpha value is -4.37. The van der Waals surface area contributed by atoms with Crippen molar-refractivity contribution < 1.29 is 9.90 Å². The highest BCUT2D eigenvalue weighted by Crippen LogP contribution is 2.36. The first kappa shape index (κ1) is 22.1. The smallest absolute Gasteiger partial charge is 0.335 e. The summed E-state index contributed by atoms with van der Waals surface area (Å²) in [7, 11) is 0. The van der Waals surface area contributed by atoms with Gasteiger partial charge >= 0.3 is 5.97 Å². The van der Waals surface area contributed by atoms with E-state index in [1.165, 1.54) is 6.33 Å². The summed E-state index contributed by atoms with van der Waals surface area (Å²) in [6.07, 6.45) is 5.34. The molecule has 1 atom stereocenters. The van der Waals surface area contributed by atoms with Gasteiger partial charge in [0.1, 0.15) is 6.33 Å². The normalized spacial score (nSPS) is 16.5. The number of allylic oxidation sites excluding steroid dienone is 1. The van der Waals surface area contributed by atoms with Gasteiger partial charge in [-0.3, -0.25) is 9.79 Å². The van der Waals surface area contributed by atoms with Crippen molar-refractivity contribution in [3.05, 3.63) is 99.3 Å². The molecule has 0 unspecified atom stereocenters. The SMILES string of the molecule is O=C(O)c1cccc(C2=CN=C([C@@H]3CCc4cc(-c5cc(Cl)ccc5-n5cnnn5)cc(=O)n43)C2)c1. The van der Waals surface area contributed by atoms with Crippen LogP contribution in [0.2, 0.25) is 5.02 Å². The molecule has 2 aliphatic rings. The van der Waals surface area contributed by atoms with Crippen LogP contribution in [0, 0.1) is 0 Å². The zero-order valence-electron chi connectivity index (χ0n) is 18.9. The first-order chi connectivity index (χ1) is 17.5. The van der Waals surface area contributed by atoms with Crippen molar-refractivity contribution in [2.24, 2.45) is 4.99 Å². The Kier molecular flexibility index (Phi) is 5.34. The third kappa shape index (κ3) is 3.83. The van der Waals surface area contributed by atoms with Crippen LogP contribution in [0.25, 0.3) is 22.4 Å². The minimum atomic E-state index is -0.966. The number of aromatic carboxylic acids is 1. The fraction of sp³-hybridized carbons (Fsp3) is 0.154. The van der Waals surface area contributed by atoms with Gasteiger partial charge in [-0.25, -0.2) is 4.79 Å². The summed E-state index contributed by atoms with van der Waals surface area (Å²) < 4.78 is 3.35. The van der Waals surface area contributed by atoms with E-state index in [-0.39, 0.29) is 17.2 Å². The fourth-order valence-electron chi connectivity index (χ4n) is 4.96. The van der Waals surface area contributed by atoms with Crippen LogP contribution in [0.3, 0.4) is 0 Å². The maximum Gasteiger partial charge on any atom is 0.335 e. The number of aryl methyl sites for hydroxylation is 1. The van der Waals surface area contributed by atoms with E-state index in [9.17, 15) is 14.7 Å². The number of carboxylic acid groups (broad SMARTS) is 1. The molecule has 10 heteroatoms. The molecule has 1 N–H and O–H groups in total. The maximum absolute atomic E-state index is 13.4. The number of fused-ring (bicyclic) bond motifs is 1. The number of nitrogens with zero attached hydrogens (tertiary/aromatic N) is 6. The standard InChI is InChI=1S/C26H19ClN6O3/c27-19-4-6-23(32-14-29-30-31-32)21(12-19)17-9-20-5-7-24(33(20)25(34)11-17)22-10-18(13-28-22)15-2-1-3-16(8-15)26(35)36/h1-4,6,8-9,11-14,24H,5,7,10H2,(H,35,36)/t24-/m0/s1. The Bertz CT molecular complexity index is 1640. The molecular weight excluding hydrogens is 480 g/mol. The maximum atomic E-state index is 13.4. The van der Waals surface area contributed by atoms with Crippen molar-refractivity contribution >= 4 is 28.9 Å². The van der Waals surface area contributed by atoms with Gasteiger partial charge in [0.25, 0.3) is 5.56 Å². The van der Waals surface area contributed by atoms with E-state index in [1.807, 2.05) is 22.8 Å². The monoisotopic (exact) mass is 498 g/mol. The van der Waals surface area contributed by atoms with Crippen LogP contribution in [0.15, 0.2) is 76.9 Å². The molecule has 0 fully saturated rings. The van der Waals surface area contributed by atoms with E-state index in [1.54, 1.807) is 47.3 Å². The Labute approximate surface area is 210 Å². The summed E-state index contributed by atoms with van der Waals surface area (Å²) in [5, 5.41) is 21.3. The minimum Gasteiger partial charge on any atom is -0.478 e. The van der Waals surface area contributed by atoms with Gasteiger partial charge in [0.15, 0.2) is 0 Å². The number of rotatable bonds is 5. The average Bonchev–Trinajstić information content (AvgIpc) is 3.64. The average molecular weight is 499 g/mol.